The third-order valence-electron chi connectivity index (χ3n) is 5.45. The summed E-state index contributed by atoms with van der Waals surface area (Å²) in [4.78, 5) is 39.3. The Bertz CT molecular complexity index is 1230. The summed E-state index contributed by atoms with van der Waals surface area (Å²) >= 11 is 0. The van der Waals surface area contributed by atoms with E-state index < -0.39 is 6.10 Å². The topological polar surface area (TPSA) is 108 Å². The molecule has 1 aliphatic heterocycles. The lowest BCUT2D eigenvalue weighted by molar-refractivity contribution is -0.130. The quantitative estimate of drug-likeness (QED) is 0.467. The Hall–Kier alpha value is -3.52. The second-order valence-electron chi connectivity index (χ2n) is 7.10. The average molecular weight is 408 g/mol. The van der Waals surface area contributed by atoms with Crippen molar-refractivity contribution in [3.8, 4) is 17.1 Å². The summed E-state index contributed by atoms with van der Waals surface area (Å²) in [5, 5.41) is 11.1. The van der Waals surface area contributed by atoms with Gasteiger partial charge < -0.3 is 19.1 Å². The minimum absolute atomic E-state index is 0.207. The number of nitrogens with zero attached hydrogens (tertiary/aromatic N) is 2. The molecular weight excluding hydrogens is 388 g/mol. The lowest BCUT2D eigenvalue weighted by atomic mass is 9.98. The second-order valence-corrected chi connectivity index (χ2v) is 7.10. The molecule has 1 aromatic carbocycles. The van der Waals surface area contributed by atoms with Crippen LogP contribution in [0.2, 0.25) is 0 Å². The minimum Gasteiger partial charge on any atom is -0.463 e. The molecule has 0 fully saturated rings. The van der Waals surface area contributed by atoms with Gasteiger partial charge in [0.15, 0.2) is 0 Å². The first-order chi connectivity index (χ1) is 14.5. The zero-order valence-corrected chi connectivity index (χ0v) is 16.5. The van der Waals surface area contributed by atoms with Crippen LogP contribution in [0.3, 0.4) is 0 Å². The summed E-state index contributed by atoms with van der Waals surface area (Å²) in [5.41, 5.74) is 4.29. The van der Waals surface area contributed by atoms with Crippen LogP contribution >= 0.6 is 0 Å². The molecule has 1 aliphatic rings. The fourth-order valence-corrected chi connectivity index (χ4v) is 4.12. The van der Waals surface area contributed by atoms with E-state index in [1.807, 2.05) is 6.92 Å². The largest absolute Gasteiger partial charge is 0.463 e. The van der Waals surface area contributed by atoms with Gasteiger partial charge in [-0.25, -0.2) is 4.98 Å². The van der Waals surface area contributed by atoms with E-state index in [-0.39, 0.29) is 24.2 Å². The van der Waals surface area contributed by atoms with E-state index in [2.05, 4.69) is 0 Å². The highest BCUT2D eigenvalue weighted by molar-refractivity contribution is 5.89. The van der Waals surface area contributed by atoms with Crippen LogP contribution in [0.4, 0.5) is 0 Å². The summed E-state index contributed by atoms with van der Waals surface area (Å²) in [7, 11) is 0. The first kappa shape index (κ1) is 19.8. The Labute approximate surface area is 171 Å². The van der Waals surface area contributed by atoms with Gasteiger partial charge in [-0.15, -0.1) is 0 Å². The van der Waals surface area contributed by atoms with E-state index in [1.165, 1.54) is 0 Å². The van der Waals surface area contributed by atoms with Crippen LogP contribution in [0.5, 0.6) is 5.75 Å². The number of fused-ring (bicyclic) bond motifs is 4. The maximum atomic E-state index is 13.2. The van der Waals surface area contributed by atoms with Crippen LogP contribution in [0.15, 0.2) is 29.1 Å². The number of benzene rings is 1. The molecule has 2 aromatic heterocycles. The lowest BCUT2D eigenvalue weighted by Crippen LogP contribution is -2.26. The molecule has 8 heteroatoms. The first-order valence-corrected chi connectivity index (χ1v) is 9.56. The van der Waals surface area contributed by atoms with Crippen LogP contribution in [0, 0.1) is 0 Å². The van der Waals surface area contributed by atoms with Crippen molar-refractivity contribution < 1.29 is 24.2 Å². The molecule has 3 heterocycles. The van der Waals surface area contributed by atoms with Crippen molar-refractivity contribution >= 4 is 23.8 Å². The van der Waals surface area contributed by atoms with Crippen molar-refractivity contribution in [2.24, 2.45) is 0 Å². The molecular formula is C22H20N2O6. The number of rotatable bonds is 7. The van der Waals surface area contributed by atoms with Gasteiger partial charge in [0.2, 0.25) is 0 Å². The number of aliphatic hydroxyl groups excluding tert-OH is 1. The van der Waals surface area contributed by atoms with Crippen LogP contribution in [0.1, 0.15) is 42.2 Å². The molecule has 30 heavy (non-hydrogen) atoms. The highest BCUT2D eigenvalue weighted by Crippen LogP contribution is 2.37. The predicted molar refractivity (Wildman–Crippen MR) is 108 cm³/mol. The van der Waals surface area contributed by atoms with Crippen molar-refractivity contribution in [3.63, 3.8) is 0 Å². The summed E-state index contributed by atoms with van der Waals surface area (Å²) in [6.07, 6.45) is -0.217. The van der Waals surface area contributed by atoms with Gasteiger partial charge in [0.25, 0.3) is 18.5 Å². The maximum Gasteiger partial charge on any atom is 0.298 e. The number of aryl methyl sites for hydroxylation is 1. The van der Waals surface area contributed by atoms with Crippen LogP contribution in [-0.2, 0) is 33.9 Å². The first-order valence-electron chi connectivity index (χ1n) is 9.56. The molecule has 1 N–H and O–H groups in total. The number of aromatic nitrogens is 2. The summed E-state index contributed by atoms with van der Waals surface area (Å²) < 4.78 is 11.4. The van der Waals surface area contributed by atoms with Crippen molar-refractivity contribution in [3.05, 3.63) is 56.9 Å². The van der Waals surface area contributed by atoms with E-state index in [4.69, 9.17) is 14.5 Å². The fraction of sp³-hybridized carbons (Fsp3) is 0.273. The van der Waals surface area contributed by atoms with Gasteiger partial charge in [-0.2, -0.15) is 0 Å². The number of pyridine rings is 2. The van der Waals surface area contributed by atoms with Crippen molar-refractivity contribution in [1.82, 2.24) is 9.55 Å². The number of hydrogen-bond donors (Lipinski definition) is 1. The van der Waals surface area contributed by atoms with Crippen LogP contribution < -0.4 is 10.3 Å². The number of carbonyl (C=O) groups is 2. The van der Waals surface area contributed by atoms with Gasteiger partial charge >= 0.3 is 0 Å². The second kappa shape index (κ2) is 7.72. The smallest absolute Gasteiger partial charge is 0.298 e. The zero-order chi connectivity index (χ0) is 21.4. The molecule has 8 nitrogen and oxygen atoms in total. The highest BCUT2D eigenvalue weighted by atomic mass is 16.5. The SMILES string of the molecule is CCc1c2c(nc3ccc(OC=O)cc13)-c1cc(C(C)O)c(COC=O)c(=O)n1C2. The van der Waals surface area contributed by atoms with Gasteiger partial charge in [0.1, 0.15) is 12.4 Å². The number of aliphatic hydroxyl groups is 1. The zero-order valence-electron chi connectivity index (χ0n) is 16.5. The Balaban J connectivity index is 1.97. The van der Waals surface area contributed by atoms with E-state index in [0.717, 1.165) is 22.0 Å². The highest BCUT2D eigenvalue weighted by Gasteiger charge is 2.28. The number of carbonyl (C=O) groups excluding carboxylic acids is 2. The van der Waals surface area contributed by atoms with E-state index in [1.54, 1.807) is 35.8 Å². The fourth-order valence-electron chi connectivity index (χ4n) is 4.12. The van der Waals surface area contributed by atoms with Crippen molar-refractivity contribution in [2.45, 2.75) is 39.5 Å². The molecule has 1 unspecified atom stereocenters. The average Bonchev–Trinajstić information content (AvgIpc) is 3.10. The molecule has 4 rings (SSSR count). The molecule has 0 amide bonds. The van der Waals surface area contributed by atoms with Crippen LogP contribution in [0.25, 0.3) is 22.3 Å². The Morgan fingerprint density at radius 3 is 2.70 bits per heavy atom. The summed E-state index contributed by atoms with van der Waals surface area (Å²) in [5.74, 6) is 0.423. The molecule has 0 radical (unpaired) electrons. The number of ether oxygens (including phenoxy) is 2. The summed E-state index contributed by atoms with van der Waals surface area (Å²) in [6, 6.07) is 6.95. The normalized spacial score (nSPS) is 12.9. The van der Waals surface area contributed by atoms with Gasteiger partial charge in [-0.1, -0.05) is 6.92 Å². The molecule has 0 spiro atoms. The van der Waals surface area contributed by atoms with Crippen LogP contribution in [-0.4, -0.2) is 27.6 Å². The van der Waals surface area contributed by atoms with E-state index in [9.17, 15) is 19.5 Å². The Morgan fingerprint density at radius 1 is 1.23 bits per heavy atom. The molecule has 0 bridgehead atoms. The maximum absolute atomic E-state index is 13.2. The molecule has 0 saturated carbocycles. The molecule has 1 atom stereocenters. The van der Waals surface area contributed by atoms with E-state index in [0.29, 0.717) is 42.1 Å². The molecule has 0 aliphatic carbocycles. The predicted octanol–water partition coefficient (Wildman–Crippen LogP) is 2.25. The van der Waals surface area contributed by atoms with Gasteiger partial charge in [-0.05, 0) is 48.7 Å². The lowest BCUT2D eigenvalue weighted by Gasteiger charge is -2.14. The standard InChI is InChI=1S/C22H20N2O6/c1-3-14-16-6-13(30-11-26)4-5-19(16)23-21-17(14)8-24-20(21)7-15(12(2)27)18(22(24)28)9-29-10-25/h4-7,10-12,27H,3,8-9H2,1-2H3. The Kier molecular flexibility index (Phi) is 5.09. The molecule has 0 saturated heterocycles. The molecule has 3 aromatic rings. The van der Waals surface area contributed by atoms with Gasteiger partial charge in [0, 0.05) is 10.9 Å². The third-order valence-corrected chi connectivity index (χ3v) is 5.45. The van der Waals surface area contributed by atoms with Crippen molar-refractivity contribution in [1.29, 1.82) is 0 Å². The van der Waals surface area contributed by atoms with E-state index >= 15 is 0 Å². The van der Waals surface area contributed by atoms with Crippen molar-refractivity contribution in [2.75, 3.05) is 0 Å². The Morgan fingerprint density at radius 2 is 2.03 bits per heavy atom. The monoisotopic (exact) mass is 408 g/mol. The number of hydrogen-bond acceptors (Lipinski definition) is 7. The molecule has 154 valence electrons. The van der Waals surface area contributed by atoms with Gasteiger partial charge in [0.05, 0.1) is 35.1 Å². The van der Waals surface area contributed by atoms with Gasteiger partial charge in [-0.3, -0.25) is 14.4 Å². The third kappa shape index (κ3) is 3.05. The minimum atomic E-state index is -0.910. The summed E-state index contributed by atoms with van der Waals surface area (Å²) in [6.45, 7) is 4.35.